The van der Waals surface area contributed by atoms with Gasteiger partial charge in [0.2, 0.25) is 17.7 Å². The van der Waals surface area contributed by atoms with Crippen molar-refractivity contribution in [1.29, 1.82) is 0 Å². The maximum absolute atomic E-state index is 12.4. The highest BCUT2D eigenvalue weighted by Crippen LogP contribution is 2.02. The van der Waals surface area contributed by atoms with E-state index in [1.165, 1.54) is 0 Å². The maximum Gasteiger partial charge on any atom is 0.326 e. The highest BCUT2D eigenvalue weighted by Gasteiger charge is 2.34. The number of hydrogen-bond acceptors (Lipinski definition) is 9. The molecule has 0 aromatic heterocycles. The van der Waals surface area contributed by atoms with Gasteiger partial charge in [-0.25, -0.2) is 4.79 Å². The van der Waals surface area contributed by atoms with Gasteiger partial charge in [-0.2, -0.15) is 0 Å². The molecule has 180 valence electrons. The fraction of sp³-hybridized carbons (Fsp3) is 0.562. The predicted molar refractivity (Wildman–Crippen MR) is 99.8 cm³/mol. The van der Waals surface area contributed by atoms with Crippen molar-refractivity contribution >= 4 is 41.6 Å². The van der Waals surface area contributed by atoms with Crippen LogP contribution in [0.1, 0.15) is 26.2 Å². The Kier molecular flexibility index (Phi) is 11.3. The molecule has 0 aromatic carbocycles. The highest BCUT2D eigenvalue weighted by molar-refractivity contribution is 5.96. The van der Waals surface area contributed by atoms with Crippen molar-refractivity contribution in [2.45, 2.75) is 56.5 Å². The number of amides is 3. The summed E-state index contributed by atoms with van der Waals surface area (Å²) >= 11 is 0. The molecule has 16 heteroatoms. The van der Waals surface area contributed by atoms with Crippen LogP contribution in [0, 0.1) is 0 Å². The van der Waals surface area contributed by atoms with Crippen LogP contribution in [0.15, 0.2) is 0 Å². The van der Waals surface area contributed by atoms with Crippen molar-refractivity contribution in [3.8, 4) is 0 Å². The molecule has 0 fully saturated rings. The highest BCUT2D eigenvalue weighted by atomic mass is 16.4. The van der Waals surface area contributed by atoms with E-state index in [0.29, 0.717) is 0 Å². The zero-order valence-corrected chi connectivity index (χ0v) is 16.7. The summed E-state index contributed by atoms with van der Waals surface area (Å²) in [5, 5.41) is 50.7. The number of hydrogen-bond donors (Lipinski definition) is 9. The number of carboxylic acid groups (broad SMARTS) is 4. The first kappa shape index (κ1) is 28.2. The smallest absolute Gasteiger partial charge is 0.326 e. The lowest BCUT2D eigenvalue weighted by Crippen LogP contribution is -2.60. The van der Waals surface area contributed by atoms with E-state index >= 15 is 0 Å². The van der Waals surface area contributed by atoms with Crippen molar-refractivity contribution in [3.63, 3.8) is 0 Å². The van der Waals surface area contributed by atoms with Gasteiger partial charge >= 0.3 is 23.9 Å². The number of nitrogens with two attached hydrogens (primary N) is 1. The van der Waals surface area contributed by atoms with E-state index in [1.807, 2.05) is 16.0 Å². The van der Waals surface area contributed by atoms with Gasteiger partial charge in [0.15, 0.2) is 0 Å². The van der Waals surface area contributed by atoms with Crippen LogP contribution in [0.2, 0.25) is 0 Å². The van der Waals surface area contributed by atoms with Gasteiger partial charge in [-0.15, -0.1) is 0 Å². The van der Waals surface area contributed by atoms with E-state index in [-0.39, 0.29) is 0 Å². The van der Waals surface area contributed by atoms with E-state index < -0.39 is 91.1 Å². The Morgan fingerprint density at radius 2 is 1.12 bits per heavy atom. The van der Waals surface area contributed by atoms with Crippen LogP contribution < -0.4 is 21.7 Å². The monoisotopic (exact) mass is 464 g/mol. The third-order valence-corrected chi connectivity index (χ3v) is 3.80. The molecular formula is C16H24N4O12. The number of rotatable bonds is 14. The Hall–Kier alpha value is -3.79. The number of nitrogens with one attached hydrogen (secondary N) is 3. The van der Waals surface area contributed by atoms with Gasteiger partial charge < -0.3 is 47.2 Å². The molecule has 0 rings (SSSR count). The van der Waals surface area contributed by atoms with Crippen LogP contribution >= 0.6 is 0 Å². The largest absolute Gasteiger partial charge is 0.481 e. The molecule has 16 nitrogen and oxygen atoms in total. The fourth-order valence-electron chi connectivity index (χ4n) is 2.24. The lowest BCUT2D eigenvalue weighted by molar-refractivity contribution is -0.148. The molecule has 0 spiro atoms. The summed E-state index contributed by atoms with van der Waals surface area (Å²) in [6, 6.07) is -7.23. The lowest BCUT2D eigenvalue weighted by Gasteiger charge is -2.25. The normalized spacial score (nSPS) is 15.2. The summed E-state index contributed by atoms with van der Waals surface area (Å²) < 4.78 is 0. The standard InChI is InChI=1S/C16H24N4O12/c1-5(21)12(15(30)19-8(16(31)32)4-11(26)27)20-14(29)7(3-10(24)25)18-13(28)6(17)2-9(22)23/h5-8,12,21H,2-4,17H2,1H3,(H,18,28)(H,19,30)(H,20,29)(H,22,23)(H,24,25)(H,26,27)(H,31,32). The van der Waals surface area contributed by atoms with Crippen molar-refractivity contribution in [2.24, 2.45) is 5.73 Å². The summed E-state index contributed by atoms with van der Waals surface area (Å²) in [5.41, 5.74) is 5.34. The second kappa shape index (κ2) is 12.8. The molecule has 0 bridgehead atoms. The van der Waals surface area contributed by atoms with Crippen LogP contribution in [0.4, 0.5) is 0 Å². The Morgan fingerprint density at radius 1 is 0.688 bits per heavy atom. The Morgan fingerprint density at radius 3 is 1.53 bits per heavy atom. The molecule has 0 aliphatic rings. The quantitative estimate of drug-likeness (QED) is 0.118. The third kappa shape index (κ3) is 10.3. The molecular weight excluding hydrogens is 440 g/mol. The van der Waals surface area contributed by atoms with Crippen molar-refractivity contribution < 1.29 is 59.1 Å². The third-order valence-electron chi connectivity index (χ3n) is 3.80. The van der Waals surface area contributed by atoms with Crippen LogP contribution in [0.25, 0.3) is 0 Å². The molecule has 0 aromatic rings. The first-order chi connectivity index (χ1) is 14.6. The minimum atomic E-state index is -1.90. The van der Waals surface area contributed by atoms with Gasteiger partial charge in [0.05, 0.1) is 31.4 Å². The zero-order chi connectivity index (χ0) is 25.2. The van der Waals surface area contributed by atoms with Crippen LogP contribution in [0.5, 0.6) is 0 Å². The minimum Gasteiger partial charge on any atom is -0.481 e. The van der Waals surface area contributed by atoms with Crippen molar-refractivity contribution in [2.75, 3.05) is 0 Å². The number of carbonyl (C=O) groups is 7. The molecule has 5 unspecified atom stereocenters. The number of carbonyl (C=O) groups excluding carboxylic acids is 3. The van der Waals surface area contributed by atoms with Gasteiger partial charge in [0.25, 0.3) is 0 Å². The molecule has 0 aliphatic heterocycles. The first-order valence-electron chi connectivity index (χ1n) is 8.88. The Labute approximate surface area is 179 Å². The zero-order valence-electron chi connectivity index (χ0n) is 16.7. The van der Waals surface area contributed by atoms with Gasteiger partial charge in [-0.1, -0.05) is 0 Å². The topological polar surface area (TPSA) is 283 Å². The van der Waals surface area contributed by atoms with Gasteiger partial charge in [-0.05, 0) is 6.92 Å². The predicted octanol–water partition coefficient (Wildman–Crippen LogP) is -4.34. The molecule has 5 atom stereocenters. The second-order valence-corrected chi connectivity index (χ2v) is 6.59. The van der Waals surface area contributed by atoms with E-state index in [9.17, 15) is 38.7 Å². The average molecular weight is 464 g/mol. The van der Waals surface area contributed by atoms with E-state index in [1.54, 1.807) is 0 Å². The molecule has 0 heterocycles. The summed E-state index contributed by atoms with van der Waals surface area (Å²) in [4.78, 5) is 80.1. The maximum atomic E-state index is 12.4. The van der Waals surface area contributed by atoms with E-state index in [4.69, 9.17) is 26.2 Å². The minimum absolute atomic E-state index is 0.827. The summed E-state index contributed by atoms with van der Waals surface area (Å²) in [6.45, 7) is 1.02. The van der Waals surface area contributed by atoms with Gasteiger partial charge in [-0.3, -0.25) is 28.8 Å². The first-order valence-corrected chi connectivity index (χ1v) is 8.88. The Bertz CT molecular complexity index is 768. The lowest BCUT2D eigenvalue weighted by atomic mass is 10.1. The molecule has 0 radical (unpaired) electrons. The molecule has 10 N–H and O–H groups in total. The molecule has 32 heavy (non-hydrogen) atoms. The molecule has 0 saturated heterocycles. The van der Waals surface area contributed by atoms with Crippen molar-refractivity contribution in [1.82, 2.24) is 16.0 Å². The van der Waals surface area contributed by atoms with E-state index in [2.05, 4.69) is 0 Å². The van der Waals surface area contributed by atoms with Gasteiger partial charge in [0.1, 0.15) is 18.1 Å². The molecule has 0 saturated carbocycles. The van der Waals surface area contributed by atoms with Crippen LogP contribution in [-0.4, -0.2) is 97.4 Å². The van der Waals surface area contributed by atoms with Gasteiger partial charge in [0, 0.05) is 0 Å². The number of carboxylic acids is 4. The van der Waals surface area contributed by atoms with Crippen LogP contribution in [0.3, 0.4) is 0 Å². The molecule has 3 amide bonds. The molecule has 0 aliphatic carbocycles. The number of aliphatic hydroxyl groups excluding tert-OH is 1. The number of aliphatic hydroxyl groups is 1. The van der Waals surface area contributed by atoms with Crippen LogP contribution in [-0.2, 0) is 33.6 Å². The fourth-order valence-corrected chi connectivity index (χ4v) is 2.24. The summed E-state index contributed by atoms with van der Waals surface area (Å²) in [5.74, 6) is -10.1. The van der Waals surface area contributed by atoms with Crippen molar-refractivity contribution in [3.05, 3.63) is 0 Å². The summed E-state index contributed by atoms with van der Waals surface area (Å²) in [6.07, 6.45) is -4.51. The van der Waals surface area contributed by atoms with E-state index in [0.717, 1.165) is 6.92 Å². The average Bonchev–Trinajstić information content (AvgIpc) is 2.62. The second-order valence-electron chi connectivity index (χ2n) is 6.59. The Balaban J connectivity index is 5.47. The number of aliphatic carboxylic acids is 4. The summed E-state index contributed by atoms with van der Waals surface area (Å²) in [7, 11) is 0. The SMILES string of the molecule is CC(O)C(NC(=O)C(CC(=O)O)NC(=O)C(N)CC(=O)O)C(=O)NC(CC(=O)O)C(=O)O.